The van der Waals surface area contributed by atoms with Crippen molar-refractivity contribution in [2.24, 2.45) is 0 Å². The molecule has 0 aromatic heterocycles. The standard InChI is InChI=1S/C13H19NO/c1-11-4-6-12(7-5-11)13(10-15)14-8-2-3-9-14/h4-7,13,15H,2-3,8-10H2,1H3/t13-/m1/s1. The molecule has 1 fully saturated rings. The van der Waals surface area contributed by atoms with E-state index in [1.807, 2.05) is 0 Å². The fourth-order valence-corrected chi connectivity index (χ4v) is 2.27. The molecular weight excluding hydrogens is 186 g/mol. The van der Waals surface area contributed by atoms with Crippen molar-refractivity contribution in [2.75, 3.05) is 19.7 Å². The third-order valence-corrected chi connectivity index (χ3v) is 3.22. The number of aliphatic hydroxyl groups is 1. The maximum atomic E-state index is 9.47. The van der Waals surface area contributed by atoms with E-state index >= 15 is 0 Å². The first-order valence-corrected chi connectivity index (χ1v) is 5.73. The predicted molar refractivity (Wildman–Crippen MR) is 61.8 cm³/mol. The highest BCUT2D eigenvalue weighted by molar-refractivity contribution is 5.24. The van der Waals surface area contributed by atoms with Crippen LogP contribution in [0.5, 0.6) is 0 Å². The molecule has 1 aromatic carbocycles. The number of aliphatic hydroxyl groups excluding tert-OH is 1. The fourth-order valence-electron chi connectivity index (χ4n) is 2.27. The van der Waals surface area contributed by atoms with E-state index in [-0.39, 0.29) is 12.6 Å². The molecule has 1 N–H and O–H groups in total. The summed E-state index contributed by atoms with van der Waals surface area (Å²) < 4.78 is 0. The van der Waals surface area contributed by atoms with E-state index in [0.717, 1.165) is 13.1 Å². The van der Waals surface area contributed by atoms with Crippen LogP contribution in [0.2, 0.25) is 0 Å². The molecule has 0 unspecified atom stereocenters. The van der Waals surface area contributed by atoms with Gasteiger partial charge in [0, 0.05) is 0 Å². The first kappa shape index (κ1) is 10.7. The number of rotatable bonds is 3. The zero-order valence-corrected chi connectivity index (χ0v) is 9.32. The molecule has 82 valence electrons. The van der Waals surface area contributed by atoms with Gasteiger partial charge in [0.05, 0.1) is 12.6 Å². The summed E-state index contributed by atoms with van der Waals surface area (Å²) in [6.07, 6.45) is 2.53. The summed E-state index contributed by atoms with van der Waals surface area (Å²) in [4.78, 5) is 2.38. The monoisotopic (exact) mass is 205 g/mol. The lowest BCUT2D eigenvalue weighted by atomic mass is 10.0. The largest absolute Gasteiger partial charge is 0.394 e. The van der Waals surface area contributed by atoms with Crippen LogP contribution in [0.4, 0.5) is 0 Å². The summed E-state index contributed by atoms with van der Waals surface area (Å²) in [5.41, 5.74) is 2.52. The summed E-state index contributed by atoms with van der Waals surface area (Å²) >= 11 is 0. The second kappa shape index (κ2) is 4.77. The van der Waals surface area contributed by atoms with Gasteiger partial charge in [0.1, 0.15) is 0 Å². The number of nitrogens with zero attached hydrogens (tertiary/aromatic N) is 1. The lowest BCUT2D eigenvalue weighted by molar-refractivity contribution is 0.147. The highest BCUT2D eigenvalue weighted by atomic mass is 16.3. The molecule has 1 aromatic rings. The molecule has 2 heteroatoms. The second-order valence-corrected chi connectivity index (χ2v) is 4.35. The number of hydrogen-bond donors (Lipinski definition) is 1. The average Bonchev–Trinajstić information content (AvgIpc) is 2.75. The molecule has 2 nitrogen and oxygen atoms in total. The molecule has 1 aliphatic heterocycles. The van der Waals surface area contributed by atoms with E-state index < -0.39 is 0 Å². The molecule has 0 aliphatic carbocycles. The van der Waals surface area contributed by atoms with Gasteiger partial charge >= 0.3 is 0 Å². The Morgan fingerprint density at radius 3 is 2.33 bits per heavy atom. The van der Waals surface area contributed by atoms with Gasteiger partial charge in [-0.15, -0.1) is 0 Å². The van der Waals surface area contributed by atoms with Crippen LogP contribution in [-0.4, -0.2) is 29.7 Å². The van der Waals surface area contributed by atoms with Gasteiger partial charge in [-0.1, -0.05) is 29.8 Å². The van der Waals surface area contributed by atoms with Crippen LogP contribution in [0.3, 0.4) is 0 Å². The van der Waals surface area contributed by atoms with Crippen molar-refractivity contribution in [1.29, 1.82) is 0 Å². The lowest BCUT2D eigenvalue weighted by Crippen LogP contribution is -2.28. The molecule has 1 aliphatic rings. The summed E-state index contributed by atoms with van der Waals surface area (Å²) in [5, 5.41) is 9.47. The number of aryl methyl sites for hydroxylation is 1. The molecule has 1 heterocycles. The van der Waals surface area contributed by atoms with Gasteiger partial charge in [0.15, 0.2) is 0 Å². The fraction of sp³-hybridized carbons (Fsp3) is 0.538. The minimum Gasteiger partial charge on any atom is -0.394 e. The SMILES string of the molecule is Cc1ccc([C@@H](CO)N2CCCC2)cc1. The zero-order chi connectivity index (χ0) is 10.7. The van der Waals surface area contributed by atoms with Crippen LogP contribution in [-0.2, 0) is 0 Å². The van der Waals surface area contributed by atoms with Crippen LogP contribution in [0.15, 0.2) is 24.3 Å². The molecule has 1 atom stereocenters. The molecule has 0 bridgehead atoms. The number of hydrogen-bond acceptors (Lipinski definition) is 2. The Labute approximate surface area is 91.5 Å². The van der Waals surface area contributed by atoms with E-state index in [1.54, 1.807) is 0 Å². The van der Waals surface area contributed by atoms with Gasteiger partial charge in [-0.25, -0.2) is 0 Å². The Morgan fingerprint density at radius 2 is 1.80 bits per heavy atom. The maximum Gasteiger partial charge on any atom is 0.0628 e. The Kier molecular flexibility index (Phi) is 3.39. The quantitative estimate of drug-likeness (QED) is 0.817. The van der Waals surface area contributed by atoms with Crippen LogP contribution < -0.4 is 0 Å². The normalized spacial score (nSPS) is 19.3. The smallest absolute Gasteiger partial charge is 0.0628 e. The van der Waals surface area contributed by atoms with Crippen molar-refractivity contribution in [1.82, 2.24) is 4.90 Å². The molecule has 0 radical (unpaired) electrons. The molecule has 0 amide bonds. The molecule has 0 spiro atoms. The summed E-state index contributed by atoms with van der Waals surface area (Å²) in [6, 6.07) is 8.71. The number of benzene rings is 1. The first-order valence-electron chi connectivity index (χ1n) is 5.73. The van der Waals surface area contributed by atoms with Crippen molar-refractivity contribution in [2.45, 2.75) is 25.8 Å². The highest BCUT2D eigenvalue weighted by Gasteiger charge is 2.22. The Bertz CT molecular complexity index is 301. The van der Waals surface area contributed by atoms with Crippen LogP contribution in [0.1, 0.15) is 30.0 Å². The van der Waals surface area contributed by atoms with E-state index in [4.69, 9.17) is 0 Å². The second-order valence-electron chi connectivity index (χ2n) is 4.35. The van der Waals surface area contributed by atoms with Crippen molar-refractivity contribution < 1.29 is 5.11 Å². The van der Waals surface area contributed by atoms with Gasteiger partial charge in [0.2, 0.25) is 0 Å². The molecule has 2 rings (SSSR count). The predicted octanol–water partition coefficient (Wildman–Crippen LogP) is 2.12. The van der Waals surface area contributed by atoms with Crippen LogP contribution in [0, 0.1) is 6.92 Å². The Morgan fingerprint density at radius 1 is 1.20 bits per heavy atom. The molecular formula is C13H19NO. The van der Waals surface area contributed by atoms with Crippen molar-refractivity contribution in [3.63, 3.8) is 0 Å². The van der Waals surface area contributed by atoms with Gasteiger partial charge in [-0.3, -0.25) is 4.90 Å². The maximum absolute atomic E-state index is 9.47. The van der Waals surface area contributed by atoms with Gasteiger partial charge in [-0.2, -0.15) is 0 Å². The van der Waals surface area contributed by atoms with Crippen molar-refractivity contribution in [3.8, 4) is 0 Å². The third-order valence-electron chi connectivity index (χ3n) is 3.22. The summed E-state index contributed by atoms with van der Waals surface area (Å²) in [6.45, 7) is 4.56. The molecule has 0 saturated carbocycles. The summed E-state index contributed by atoms with van der Waals surface area (Å²) in [7, 11) is 0. The van der Waals surface area contributed by atoms with Crippen LogP contribution >= 0.6 is 0 Å². The van der Waals surface area contributed by atoms with E-state index in [0.29, 0.717) is 0 Å². The highest BCUT2D eigenvalue weighted by Crippen LogP contribution is 2.24. The van der Waals surface area contributed by atoms with Crippen molar-refractivity contribution in [3.05, 3.63) is 35.4 Å². The number of likely N-dealkylation sites (tertiary alicyclic amines) is 1. The Balaban J connectivity index is 2.14. The molecule has 15 heavy (non-hydrogen) atoms. The topological polar surface area (TPSA) is 23.5 Å². The minimum absolute atomic E-state index is 0.202. The minimum atomic E-state index is 0.202. The van der Waals surface area contributed by atoms with Crippen LogP contribution in [0.25, 0.3) is 0 Å². The Hall–Kier alpha value is -0.860. The third kappa shape index (κ3) is 2.39. The first-order chi connectivity index (χ1) is 7.31. The zero-order valence-electron chi connectivity index (χ0n) is 9.32. The van der Waals surface area contributed by atoms with Gasteiger partial charge in [0.25, 0.3) is 0 Å². The van der Waals surface area contributed by atoms with Gasteiger partial charge < -0.3 is 5.11 Å². The summed E-state index contributed by atoms with van der Waals surface area (Å²) in [5.74, 6) is 0. The van der Waals surface area contributed by atoms with Gasteiger partial charge in [-0.05, 0) is 38.4 Å². The van der Waals surface area contributed by atoms with E-state index in [9.17, 15) is 5.11 Å². The van der Waals surface area contributed by atoms with E-state index in [2.05, 4.69) is 36.1 Å². The lowest BCUT2D eigenvalue weighted by Gasteiger charge is -2.26. The van der Waals surface area contributed by atoms with Crippen molar-refractivity contribution >= 4 is 0 Å². The van der Waals surface area contributed by atoms with E-state index in [1.165, 1.54) is 24.0 Å². The molecule has 1 saturated heterocycles. The average molecular weight is 205 g/mol.